The largest absolute Gasteiger partial charge is 0.313 e. The van der Waals surface area contributed by atoms with E-state index in [1.165, 1.54) is 4.88 Å². The molecular weight excluding hydrogens is 320 g/mol. The first-order valence-electron chi connectivity index (χ1n) is 6.64. The Morgan fingerprint density at radius 1 is 1.32 bits per heavy atom. The predicted octanol–water partition coefficient (Wildman–Crippen LogP) is 4.06. The summed E-state index contributed by atoms with van der Waals surface area (Å²) in [6.45, 7) is 3.26. The van der Waals surface area contributed by atoms with Crippen molar-refractivity contribution in [3.05, 3.63) is 50.9 Å². The maximum Gasteiger partial charge on any atom is 0.0420 e. The van der Waals surface area contributed by atoms with E-state index in [-0.39, 0.29) is 0 Å². The second-order valence-electron chi connectivity index (χ2n) is 4.61. The maximum absolute atomic E-state index is 4.47. The van der Waals surface area contributed by atoms with Gasteiger partial charge in [0.15, 0.2) is 0 Å². The van der Waals surface area contributed by atoms with E-state index in [0.29, 0.717) is 6.04 Å². The molecule has 0 bridgehead atoms. The Kier molecular flexibility index (Phi) is 6.01. The van der Waals surface area contributed by atoms with Gasteiger partial charge in [0.2, 0.25) is 0 Å². The third-order valence-electron chi connectivity index (χ3n) is 2.95. The van der Waals surface area contributed by atoms with Crippen LogP contribution in [0.25, 0.3) is 0 Å². The predicted molar refractivity (Wildman–Crippen MR) is 85.7 cm³/mol. The zero-order valence-corrected chi connectivity index (χ0v) is 13.5. The molecule has 1 unspecified atom stereocenters. The first kappa shape index (κ1) is 14.7. The Morgan fingerprint density at radius 2 is 2.21 bits per heavy atom. The lowest BCUT2D eigenvalue weighted by Crippen LogP contribution is -2.33. The molecule has 2 rings (SSSR count). The Labute approximate surface area is 127 Å². The van der Waals surface area contributed by atoms with E-state index >= 15 is 0 Å². The summed E-state index contributed by atoms with van der Waals surface area (Å²) in [6, 6.07) is 8.95. The molecule has 1 N–H and O–H groups in total. The van der Waals surface area contributed by atoms with Gasteiger partial charge < -0.3 is 5.32 Å². The number of hydrogen-bond donors (Lipinski definition) is 1. The van der Waals surface area contributed by atoms with Gasteiger partial charge in [-0.3, -0.25) is 4.98 Å². The minimum Gasteiger partial charge on any atom is -0.313 e. The van der Waals surface area contributed by atoms with Crippen LogP contribution in [0.4, 0.5) is 0 Å². The van der Waals surface area contributed by atoms with Gasteiger partial charge in [-0.25, -0.2) is 0 Å². The van der Waals surface area contributed by atoms with E-state index in [2.05, 4.69) is 62.8 Å². The van der Waals surface area contributed by atoms with E-state index in [9.17, 15) is 0 Å². The van der Waals surface area contributed by atoms with Gasteiger partial charge in [0.1, 0.15) is 0 Å². The third-order valence-corrected chi connectivity index (χ3v) is 4.32. The molecule has 2 nitrogen and oxygen atoms in total. The second kappa shape index (κ2) is 7.78. The van der Waals surface area contributed by atoms with Crippen LogP contribution in [0.1, 0.15) is 23.9 Å². The summed E-state index contributed by atoms with van der Waals surface area (Å²) in [5.41, 5.74) is 1.15. The van der Waals surface area contributed by atoms with Gasteiger partial charge in [0.05, 0.1) is 0 Å². The number of hydrogen-bond acceptors (Lipinski definition) is 3. The average Bonchev–Trinajstić information content (AvgIpc) is 2.91. The Bertz CT molecular complexity index is 467. The molecule has 1 atom stereocenters. The Balaban J connectivity index is 1.98. The lowest BCUT2D eigenvalue weighted by atomic mass is 10.1. The lowest BCUT2D eigenvalue weighted by Gasteiger charge is -2.17. The summed E-state index contributed by atoms with van der Waals surface area (Å²) in [5, 5.41) is 5.77. The van der Waals surface area contributed by atoms with Crippen molar-refractivity contribution in [2.45, 2.75) is 32.2 Å². The van der Waals surface area contributed by atoms with Crippen LogP contribution in [0.3, 0.4) is 0 Å². The zero-order chi connectivity index (χ0) is 13.5. The molecule has 0 aromatic carbocycles. The van der Waals surface area contributed by atoms with Crippen LogP contribution in [0.2, 0.25) is 0 Å². The smallest absolute Gasteiger partial charge is 0.0420 e. The molecule has 102 valence electrons. The summed E-state index contributed by atoms with van der Waals surface area (Å²) in [4.78, 5) is 5.91. The minimum absolute atomic E-state index is 0.465. The highest BCUT2D eigenvalue weighted by molar-refractivity contribution is 9.10. The normalized spacial score (nSPS) is 12.5. The van der Waals surface area contributed by atoms with Crippen molar-refractivity contribution < 1.29 is 0 Å². The maximum atomic E-state index is 4.47. The fraction of sp³-hybridized carbons (Fsp3) is 0.400. The molecule has 0 saturated carbocycles. The molecule has 0 saturated heterocycles. The highest BCUT2D eigenvalue weighted by atomic mass is 79.9. The van der Waals surface area contributed by atoms with E-state index in [4.69, 9.17) is 0 Å². The number of thiophene rings is 1. The van der Waals surface area contributed by atoms with E-state index in [1.54, 1.807) is 0 Å². The number of nitrogens with zero attached hydrogens (tertiary/aromatic N) is 1. The fourth-order valence-electron chi connectivity index (χ4n) is 2.02. The minimum atomic E-state index is 0.465. The van der Waals surface area contributed by atoms with Gasteiger partial charge in [0, 0.05) is 33.7 Å². The molecule has 2 aromatic rings. The Morgan fingerprint density at radius 3 is 2.84 bits per heavy atom. The van der Waals surface area contributed by atoms with E-state index < -0.39 is 0 Å². The molecular formula is C15H19BrN2S. The number of halogens is 1. The SMILES string of the molecule is CCCNC(Cc1ccc(Br)cn1)Cc1cccs1. The standard InChI is InChI=1S/C15H19BrN2S/c1-2-7-17-14(10-15-4-3-8-19-15)9-13-6-5-12(16)11-18-13/h3-6,8,11,14,17H,2,7,9-10H2,1H3. The third kappa shape index (κ3) is 5.05. The Hall–Kier alpha value is -0.710. The van der Waals surface area contributed by atoms with Gasteiger partial charge in [-0.2, -0.15) is 0 Å². The second-order valence-corrected chi connectivity index (χ2v) is 6.55. The van der Waals surface area contributed by atoms with Crippen LogP contribution in [0, 0.1) is 0 Å². The lowest BCUT2D eigenvalue weighted by molar-refractivity contribution is 0.503. The average molecular weight is 339 g/mol. The van der Waals surface area contributed by atoms with Gasteiger partial charge in [-0.1, -0.05) is 13.0 Å². The molecule has 0 aliphatic heterocycles. The van der Waals surface area contributed by atoms with Crippen LogP contribution >= 0.6 is 27.3 Å². The van der Waals surface area contributed by atoms with Crippen LogP contribution in [0.15, 0.2) is 40.3 Å². The van der Waals surface area contributed by atoms with E-state index in [0.717, 1.165) is 36.0 Å². The number of rotatable bonds is 7. The first-order chi connectivity index (χ1) is 9.28. The number of pyridine rings is 1. The van der Waals surface area contributed by atoms with E-state index in [1.807, 2.05) is 17.5 Å². The van der Waals surface area contributed by atoms with Gasteiger partial charge in [-0.15, -0.1) is 11.3 Å². The number of aromatic nitrogens is 1. The highest BCUT2D eigenvalue weighted by Crippen LogP contribution is 2.14. The molecule has 0 aliphatic carbocycles. The van der Waals surface area contributed by atoms with Gasteiger partial charge in [-0.05, 0) is 58.9 Å². The topological polar surface area (TPSA) is 24.9 Å². The van der Waals surface area contributed by atoms with Crippen molar-refractivity contribution in [3.8, 4) is 0 Å². The molecule has 0 radical (unpaired) electrons. The van der Waals surface area contributed by atoms with Crippen molar-refractivity contribution >= 4 is 27.3 Å². The summed E-state index contributed by atoms with van der Waals surface area (Å²) in [7, 11) is 0. The summed E-state index contributed by atoms with van der Waals surface area (Å²) in [6.07, 6.45) is 5.09. The molecule has 4 heteroatoms. The molecule has 0 spiro atoms. The monoisotopic (exact) mass is 338 g/mol. The molecule has 0 fully saturated rings. The molecule has 0 aliphatic rings. The van der Waals surface area contributed by atoms with Crippen molar-refractivity contribution in [3.63, 3.8) is 0 Å². The molecule has 0 amide bonds. The van der Waals surface area contributed by atoms with Crippen molar-refractivity contribution in [2.75, 3.05) is 6.54 Å². The summed E-state index contributed by atoms with van der Waals surface area (Å²) >= 11 is 5.26. The van der Waals surface area contributed by atoms with Crippen molar-refractivity contribution in [1.29, 1.82) is 0 Å². The van der Waals surface area contributed by atoms with Crippen LogP contribution in [-0.2, 0) is 12.8 Å². The van der Waals surface area contributed by atoms with Gasteiger partial charge >= 0.3 is 0 Å². The van der Waals surface area contributed by atoms with Crippen LogP contribution in [-0.4, -0.2) is 17.6 Å². The highest BCUT2D eigenvalue weighted by Gasteiger charge is 2.11. The van der Waals surface area contributed by atoms with Gasteiger partial charge in [0.25, 0.3) is 0 Å². The number of nitrogens with one attached hydrogen (secondary N) is 1. The quantitative estimate of drug-likeness (QED) is 0.823. The van der Waals surface area contributed by atoms with Crippen molar-refractivity contribution in [2.24, 2.45) is 0 Å². The zero-order valence-electron chi connectivity index (χ0n) is 11.1. The van der Waals surface area contributed by atoms with Crippen molar-refractivity contribution in [1.82, 2.24) is 10.3 Å². The van der Waals surface area contributed by atoms with Crippen LogP contribution in [0.5, 0.6) is 0 Å². The molecule has 2 aromatic heterocycles. The first-order valence-corrected chi connectivity index (χ1v) is 8.31. The van der Waals surface area contributed by atoms with Crippen LogP contribution < -0.4 is 5.32 Å². The summed E-state index contributed by atoms with van der Waals surface area (Å²) < 4.78 is 1.03. The summed E-state index contributed by atoms with van der Waals surface area (Å²) in [5.74, 6) is 0. The molecule has 2 heterocycles. The fourth-order valence-corrected chi connectivity index (χ4v) is 3.04. The molecule has 19 heavy (non-hydrogen) atoms.